The van der Waals surface area contributed by atoms with Crippen LogP contribution in [0.4, 0.5) is 0 Å². The van der Waals surface area contributed by atoms with Crippen molar-refractivity contribution in [2.45, 2.75) is 50.0 Å². The summed E-state index contributed by atoms with van der Waals surface area (Å²) in [6.07, 6.45) is 4.83. The molecule has 0 saturated carbocycles. The number of nitrogens with one attached hydrogen (secondary N) is 1. The van der Waals surface area contributed by atoms with E-state index in [1.165, 1.54) is 10.4 Å². The Balaban J connectivity index is 1.64. The molecule has 0 atom stereocenters. The summed E-state index contributed by atoms with van der Waals surface area (Å²) >= 11 is 0. The molecule has 144 valence electrons. The normalized spacial score (nSPS) is 20.3. The first-order valence-corrected chi connectivity index (χ1v) is 11.1. The van der Waals surface area contributed by atoms with E-state index in [2.05, 4.69) is 17.1 Å². The maximum absolute atomic E-state index is 12.7. The van der Waals surface area contributed by atoms with Crippen molar-refractivity contribution in [2.24, 2.45) is 0 Å². The summed E-state index contributed by atoms with van der Waals surface area (Å²) in [4.78, 5) is 15.2. The molecule has 0 bridgehead atoms. The van der Waals surface area contributed by atoms with E-state index < -0.39 is 10.0 Å². The zero-order chi connectivity index (χ0) is 18.6. The third-order valence-corrected chi connectivity index (χ3v) is 7.16. The number of amides is 1. The predicted molar refractivity (Wildman–Crippen MR) is 102 cm³/mol. The van der Waals surface area contributed by atoms with E-state index in [-0.39, 0.29) is 16.8 Å². The summed E-state index contributed by atoms with van der Waals surface area (Å²) < 4.78 is 26.9. The van der Waals surface area contributed by atoms with Crippen LogP contribution in [0.1, 0.15) is 49.4 Å². The molecule has 0 unspecified atom stereocenters. The lowest BCUT2D eigenvalue weighted by molar-refractivity contribution is 0.0911. The zero-order valence-corrected chi connectivity index (χ0v) is 16.3. The lowest BCUT2D eigenvalue weighted by Crippen LogP contribution is -2.44. The van der Waals surface area contributed by atoms with Crippen molar-refractivity contribution < 1.29 is 13.2 Å². The van der Waals surface area contributed by atoms with Gasteiger partial charge in [-0.1, -0.05) is 13.0 Å². The van der Waals surface area contributed by atoms with E-state index in [9.17, 15) is 13.2 Å². The van der Waals surface area contributed by atoms with E-state index in [0.29, 0.717) is 18.7 Å². The number of nitrogens with zero attached hydrogens (tertiary/aromatic N) is 2. The molecule has 7 heteroatoms. The van der Waals surface area contributed by atoms with Crippen molar-refractivity contribution in [1.82, 2.24) is 14.5 Å². The van der Waals surface area contributed by atoms with Crippen molar-refractivity contribution >= 4 is 15.9 Å². The molecular weight excluding hydrogens is 350 g/mol. The molecule has 2 fully saturated rings. The molecular formula is C19H29N3O3S. The van der Waals surface area contributed by atoms with Crippen molar-refractivity contribution in [2.75, 3.05) is 32.7 Å². The molecule has 1 aromatic rings. The highest BCUT2D eigenvalue weighted by atomic mass is 32.2. The van der Waals surface area contributed by atoms with Crippen LogP contribution in [0.25, 0.3) is 0 Å². The first-order valence-electron chi connectivity index (χ1n) is 9.64. The van der Waals surface area contributed by atoms with Crippen LogP contribution in [0.3, 0.4) is 0 Å². The van der Waals surface area contributed by atoms with Gasteiger partial charge in [0.05, 0.1) is 4.90 Å². The zero-order valence-electron chi connectivity index (χ0n) is 15.5. The van der Waals surface area contributed by atoms with Gasteiger partial charge in [0.2, 0.25) is 10.0 Å². The SMILES string of the molecule is CCCN1CCC(NC(=O)c2cccc(S(=O)(=O)N3CCCC3)c2)CC1. The monoisotopic (exact) mass is 379 g/mol. The van der Waals surface area contributed by atoms with E-state index in [0.717, 1.165) is 51.7 Å². The van der Waals surface area contributed by atoms with Gasteiger partial charge in [0.15, 0.2) is 0 Å². The van der Waals surface area contributed by atoms with Gasteiger partial charge in [0.1, 0.15) is 0 Å². The number of hydrogen-bond donors (Lipinski definition) is 1. The van der Waals surface area contributed by atoms with Crippen LogP contribution in [0, 0.1) is 0 Å². The summed E-state index contributed by atoms with van der Waals surface area (Å²) in [6.45, 7) is 6.42. The largest absolute Gasteiger partial charge is 0.349 e. The topological polar surface area (TPSA) is 69.7 Å². The second-order valence-electron chi connectivity index (χ2n) is 7.23. The number of benzene rings is 1. The lowest BCUT2D eigenvalue weighted by atomic mass is 10.0. The average Bonchev–Trinajstić information content (AvgIpc) is 3.19. The molecule has 1 N–H and O–H groups in total. The van der Waals surface area contributed by atoms with Gasteiger partial charge in [-0.25, -0.2) is 8.42 Å². The van der Waals surface area contributed by atoms with Gasteiger partial charge in [-0.15, -0.1) is 0 Å². The molecule has 2 aliphatic rings. The van der Waals surface area contributed by atoms with E-state index >= 15 is 0 Å². The first-order chi connectivity index (χ1) is 12.5. The highest BCUT2D eigenvalue weighted by Gasteiger charge is 2.28. The molecule has 6 nitrogen and oxygen atoms in total. The van der Waals surface area contributed by atoms with Crippen LogP contribution in [-0.2, 0) is 10.0 Å². The molecule has 0 aromatic heterocycles. The number of hydrogen-bond acceptors (Lipinski definition) is 4. The van der Waals surface area contributed by atoms with Crippen LogP contribution in [0.5, 0.6) is 0 Å². The Morgan fingerprint density at radius 2 is 1.85 bits per heavy atom. The molecule has 1 amide bonds. The fraction of sp³-hybridized carbons (Fsp3) is 0.632. The maximum Gasteiger partial charge on any atom is 0.251 e. The Kier molecular flexibility index (Phi) is 6.32. The second-order valence-corrected chi connectivity index (χ2v) is 9.17. The molecule has 2 saturated heterocycles. The lowest BCUT2D eigenvalue weighted by Gasteiger charge is -2.32. The molecule has 0 radical (unpaired) electrons. The maximum atomic E-state index is 12.7. The van der Waals surface area contributed by atoms with Crippen molar-refractivity contribution in [3.8, 4) is 0 Å². The molecule has 26 heavy (non-hydrogen) atoms. The number of likely N-dealkylation sites (tertiary alicyclic amines) is 1. The minimum atomic E-state index is -3.49. The number of carbonyl (C=O) groups is 1. The van der Waals surface area contributed by atoms with Gasteiger partial charge in [0.25, 0.3) is 5.91 Å². The summed E-state index contributed by atoms with van der Waals surface area (Å²) in [5.74, 6) is -0.183. The average molecular weight is 380 g/mol. The minimum Gasteiger partial charge on any atom is -0.349 e. The molecule has 2 heterocycles. The molecule has 2 aliphatic heterocycles. The summed E-state index contributed by atoms with van der Waals surface area (Å²) in [7, 11) is -3.49. The Morgan fingerprint density at radius 3 is 2.50 bits per heavy atom. The number of piperidine rings is 1. The minimum absolute atomic E-state index is 0.162. The number of sulfonamides is 1. The summed E-state index contributed by atoms with van der Waals surface area (Å²) in [5.41, 5.74) is 0.418. The predicted octanol–water partition coefficient (Wildman–Crippen LogP) is 2.08. The third kappa shape index (κ3) is 4.45. The number of rotatable bonds is 6. The van der Waals surface area contributed by atoms with E-state index in [4.69, 9.17) is 0 Å². The third-order valence-electron chi connectivity index (χ3n) is 5.26. The smallest absolute Gasteiger partial charge is 0.251 e. The fourth-order valence-electron chi connectivity index (χ4n) is 3.76. The van der Waals surface area contributed by atoms with Gasteiger partial charge < -0.3 is 10.2 Å². The molecule has 0 spiro atoms. The van der Waals surface area contributed by atoms with Crippen molar-refractivity contribution in [3.05, 3.63) is 29.8 Å². The van der Waals surface area contributed by atoms with Gasteiger partial charge in [-0.05, 0) is 56.8 Å². The Labute approximate surface area is 156 Å². The summed E-state index contributed by atoms with van der Waals surface area (Å²) in [6, 6.07) is 6.59. The quantitative estimate of drug-likeness (QED) is 0.822. The number of carbonyl (C=O) groups excluding carboxylic acids is 1. The standard InChI is InChI=1S/C19H29N3O3S/c1-2-10-21-13-8-17(9-14-21)20-19(23)16-6-5-7-18(15-16)26(24,25)22-11-3-4-12-22/h5-7,15,17H,2-4,8-14H2,1H3,(H,20,23). The van der Waals surface area contributed by atoms with Crippen LogP contribution >= 0.6 is 0 Å². The van der Waals surface area contributed by atoms with Crippen LogP contribution in [0.2, 0.25) is 0 Å². The van der Waals surface area contributed by atoms with Gasteiger partial charge >= 0.3 is 0 Å². The van der Waals surface area contributed by atoms with E-state index in [1.54, 1.807) is 18.2 Å². The van der Waals surface area contributed by atoms with Gasteiger partial charge in [-0.3, -0.25) is 4.79 Å². The first kappa shape index (κ1) is 19.3. The molecule has 3 rings (SSSR count). The van der Waals surface area contributed by atoms with Gasteiger partial charge in [-0.2, -0.15) is 4.31 Å². The highest BCUT2D eigenvalue weighted by molar-refractivity contribution is 7.89. The van der Waals surface area contributed by atoms with Crippen LogP contribution < -0.4 is 5.32 Å². The van der Waals surface area contributed by atoms with E-state index in [1.807, 2.05) is 0 Å². The highest BCUT2D eigenvalue weighted by Crippen LogP contribution is 2.22. The summed E-state index contributed by atoms with van der Waals surface area (Å²) in [5, 5.41) is 3.07. The van der Waals surface area contributed by atoms with Crippen LogP contribution in [-0.4, -0.2) is 62.3 Å². The Hall–Kier alpha value is -1.44. The molecule has 1 aromatic carbocycles. The van der Waals surface area contributed by atoms with Crippen molar-refractivity contribution in [3.63, 3.8) is 0 Å². The fourth-order valence-corrected chi connectivity index (χ4v) is 5.32. The Bertz CT molecular complexity index is 721. The van der Waals surface area contributed by atoms with Gasteiger partial charge in [0, 0.05) is 37.8 Å². The molecule has 0 aliphatic carbocycles. The Morgan fingerprint density at radius 1 is 1.15 bits per heavy atom. The second kappa shape index (κ2) is 8.50. The van der Waals surface area contributed by atoms with Crippen molar-refractivity contribution in [1.29, 1.82) is 0 Å². The van der Waals surface area contributed by atoms with Crippen LogP contribution in [0.15, 0.2) is 29.2 Å².